The van der Waals surface area contributed by atoms with Gasteiger partial charge in [0.2, 0.25) is 0 Å². The van der Waals surface area contributed by atoms with Crippen LogP contribution in [-0.2, 0) is 0 Å². The summed E-state index contributed by atoms with van der Waals surface area (Å²) in [5.74, 6) is 0. The fraction of sp³-hybridized carbons (Fsp3) is 0.500. The Morgan fingerprint density at radius 2 is 2.12 bits per heavy atom. The van der Waals surface area contributed by atoms with Gasteiger partial charge in [0.1, 0.15) is 5.69 Å². The van der Waals surface area contributed by atoms with E-state index in [1.807, 2.05) is 38.9 Å². The van der Waals surface area contributed by atoms with E-state index in [0.29, 0.717) is 5.69 Å². The van der Waals surface area contributed by atoms with E-state index in [1.54, 1.807) is 12.1 Å². The number of nitro benzene ring substituents is 1. The predicted molar refractivity (Wildman–Crippen MR) is 69.5 cm³/mol. The molecule has 0 aliphatic heterocycles. The summed E-state index contributed by atoms with van der Waals surface area (Å²) in [7, 11) is 3.95. The van der Waals surface area contributed by atoms with Crippen molar-refractivity contribution in [3.63, 3.8) is 0 Å². The molecule has 5 heteroatoms. The Kier molecular flexibility index (Phi) is 4.45. The van der Waals surface area contributed by atoms with Gasteiger partial charge in [-0.15, -0.1) is 0 Å². The molecule has 5 nitrogen and oxygen atoms in total. The van der Waals surface area contributed by atoms with Crippen molar-refractivity contribution in [2.24, 2.45) is 0 Å². The van der Waals surface area contributed by atoms with Gasteiger partial charge in [-0.05, 0) is 39.6 Å². The third-order valence-corrected chi connectivity index (χ3v) is 2.39. The molecule has 0 amide bonds. The second-order valence-electron chi connectivity index (χ2n) is 4.59. The fourth-order valence-electron chi connectivity index (χ4n) is 1.78. The van der Waals surface area contributed by atoms with Gasteiger partial charge in [0.15, 0.2) is 0 Å². The highest BCUT2D eigenvalue weighted by molar-refractivity contribution is 5.63. The molecule has 1 atom stereocenters. The average Bonchev–Trinajstić information content (AvgIpc) is 2.15. The normalized spacial score (nSPS) is 12.5. The van der Waals surface area contributed by atoms with Crippen LogP contribution in [0.4, 0.5) is 11.4 Å². The summed E-state index contributed by atoms with van der Waals surface area (Å²) in [5, 5.41) is 14.1. The SMILES string of the molecule is Cc1ccc([N+](=O)[O-])c(NC(C)CN(C)C)c1. The molecule has 0 radical (unpaired) electrons. The number of likely N-dealkylation sites (N-methyl/N-ethyl adjacent to an activating group) is 1. The third-order valence-electron chi connectivity index (χ3n) is 2.39. The first-order chi connectivity index (χ1) is 7.90. The van der Waals surface area contributed by atoms with Crippen LogP contribution in [-0.4, -0.2) is 36.5 Å². The molecule has 0 aliphatic carbocycles. The minimum atomic E-state index is -0.357. The van der Waals surface area contributed by atoms with Gasteiger partial charge in [-0.3, -0.25) is 10.1 Å². The molecule has 0 heterocycles. The summed E-state index contributed by atoms with van der Waals surface area (Å²) in [6.07, 6.45) is 0. The van der Waals surface area contributed by atoms with Gasteiger partial charge >= 0.3 is 0 Å². The van der Waals surface area contributed by atoms with E-state index in [1.165, 1.54) is 0 Å². The van der Waals surface area contributed by atoms with Crippen molar-refractivity contribution in [3.05, 3.63) is 33.9 Å². The maximum absolute atomic E-state index is 10.9. The van der Waals surface area contributed by atoms with Crippen molar-refractivity contribution < 1.29 is 4.92 Å². The Morgan fingerprint density at radius 1 is 1.47 bits per heavy atom. The Labute approximate surface area is 102 Å². The molecule has 0 bridgehead atoms. The van der Waals surface area contributed by atoms with Crippen LogP contribution < -0.4 is 5.32 Å². The fourth-order valence-corrected chi connectivity index (χ4v) is 1.78. The van der Waals surface area contributed by atoms with Crippen LogP contribution >= 0.6 is 0 Å². The van der Waals surface area contributed by atoms with E-state index in [9.17, 15) is 10.1 Å². The Morgan fingerprint density at radius 3 is 2.65 bits per heavy atom. The number of benzene rings is 1. The van der Waals surface area contributed by atoms with Gasteiger partial charge in [-0.1, -0.05) is 6.07 Å². The highest BCUT2D eigenvalue weighted by atomic mass is 16.6. The molecule has 17 heavy (non-hydrogen) atoms. The lowest BCUT2D eigenvalue weighted by atomic mass is 10.1. The molecule has 0 aliphatic rings. The number of aryl methyl sites for hydroxylation is 1. The summed E-state index contributed by atoms with van der Waals surface area (Å²) in [6.45, 7) is 4.75. The molecule has 1 unspecified atom stereocenters. The van der Waals surface area contributed by atoms with Crippen molar-refractivity contribution in [2.75, 3.05) is 26.0 Å². The summed E-state index contributed by atoms with van der Waals surface area (Å²) < 4.78 is 0. The number of nitrogens with one attached hydrogen (secondary N) is 1. The molecule has 1 rings (SSSR count). The van der Waals surface area contributed by atoms with Gasteiger partial charge in [0.05, 0.1) is 4.92 Å². The molecule has 0 fully saturated rings. The standard InChI is InChI=1S/C12H19N3O2/c1-9-5-6-12(15(16)17)11(7-9)13-10(2)8-14(3)4/h5-7,10,13H,8H2,1-4H3. The maximum Gasteiger partial charge on any atom is 0.292 e. The van der Waals surface area contributed by atoms with Crippen molar-refractivity contribution in [3.8, 4) is 0 Å². The number of hydrogen-bond acceptors (Lipinski definition) is 4. The summed E-state index contributed by atoms with van der Waals surface area (Å²) in [5.41, 5.74) is 1.72. The van der Waals surface area contributed by atoms with Crippen LogP contribution in [0.5, 0.6) is 0 Å². The number of anilines is 1. The zero-order valence-electron chi connectivity index (χ0n) is 10.7. The van der Waals surface area contributed by atoms with E-state index in [2.05, 4.69) is 5.32 Å². The zero-order chi connectivity index (χ0) is 13.0. The van der Waals surface area contributed by atoms with Crippen LogP contribution in [0.2, 0.25) is 0 Å². The van der Waals surface area contributed by atoms with Gasteiger partial charge in [-0.25, -0.2) is 0 Å². The Balaban J connectivity index is 2.88. The molecule has 0 saturated heterocycles. The van der Waals surface area contributed by atoms with Gasteiger partial charge < -0.3 is 10.2 Å². The van der Waals surface area contributed by atoms with Crippen LogP contribution in [0.25, 0.3) is 0 Å². The van der Waals surface area contributed by atoms with E-state index in [0.717, 1.165) is 12.1 Å². The number of nitrogens with zero attached hydrogens (tertiary/aromatic N) is 2. The lowest BCUT2D eigenvalue weighted by molar-refractivity contribution is -0.384. The van der Waals surface area contributed by atoms with Gasteiger partial charge in [-0.2, -0.15) is 0 Å². The van der Waals surface area contributed by atoms with Gasteiger partial charge in [0, 0.05) is 18.7 Å². The molecular weight excluding hydrogens is 218 g/mol. The van der Waals surface area contributed by atoms with Crippen molar-refractivity contribution in [2.45, 2.75) is 19.9 Å². The van der Waals surface area contributed by atoms with Crippen molar-refractivity contribution >= 4 is 11.4 Å². The molecule has 0 saturated carbocycles. The second-order valence-corrected chi connectivity index (χ2v) is 4.59. The lowest BCUT2D eigenvalue weighted by Gasteiger charge is -2.19. The summed E-state index contributed by atoms with van der Waals surface area (Å²) in [6, 6.07) is 5.26. The first kappa shape index (κ1) is 13.4. The second kappa shape index (κ2) is 5.63. The third kappa shape index (κ3) is 4.03. The number of nitro groups is 1. The number of rotatable bonds is 5. The summed E-state index contributed by atoms with van der Waals surface area (Å²) >= 11 is 0. The molecule has 94 valence electrons. The predicted octanol–water partition coefficient (Wildman–Crippen LogP) is 2.27. The highest BCUT2D eigenvalue weighted by Crippen LogP contribution is 2.25. The quantitative estimate of drug-likeness (QED) is 0.630. The van der Waals surface area contributed by atoms with Crippen molar-refractivity contribution in [1.82, 2.24) is 4.90 Å². The van der Waals surface area contributed by atoms with E-state index < -0.39 is 0 Å². The number of hydrogen-bond donors (Lipinski definition) is 1. The maximum atomic E-state index is 10.9. The van der Waals surface area contributed by atoms with E-state index >= 15 is 0 Å². The molecule has 1 aromatic carbocycles. The largest absolute Gasteiger partial charge is 0.376 e. The topological polar surface area (TPSA) is 58.4 Å². The lowest BCUT2D eigenvalue weighted by Crippen LogP contribution is -2.29. The average molecular weight is 237 g/mol. The molecule has 1 aromatic rings. The van der Waals surface area contributed by atoms with Crippen LogP contribution in [0, 0.1) is 17.0 Å². The highest BCUT2D eigenvalue weighted by Gasteiger charge is 2.15. The van der Waals surface area contributed by atoms with Crippen molar-refractivity contribution in [1.29, 1.82) is 0 Å². The van der Waals surface area contributed by atoms with Crippen LogP contribution in [0.3, 0.4) is 0 Å². The Hall–Kier alpha value is -1.62. The Bertz CT molecular complexity index is 405. The minimum absolute atomic E-state index is 0.126. The summed E-state index contributed by atoms with van der Waals surface area (Å²) in [4.78, 5) is 12.6. The first-order valence-electron chi connectivity index (χ1n) is 5.56. The van der Waals surface area contributed by atoms with E-state index in [4.69, 9.17) is 0 Å². The molecule has 1 N–H and O–H groups in total. The minimum Gasteiger partial charge on any atom is -0.376 e. The van der Waals surface area contributed by atoms with Gasteiger partial charge in [0.25, 0.3) is 5.69 Å². The van der Waals surface area contributed by atoms with E-state index in [-0.39, 0.29) is 16.7 Å². The first-order valence-corrected chi connectivity index (χ1v) is 5.56. The molecule has 0 spiro atoms. The smallest absolute Gasteiger partial charge is 0.292 e. The van der Waals surface area contributed by atoms with Crippen LogP contribution in [0.15, 0.2) is 18.2 Å². The molecule has 0 aromatic heterocycles. The zero-order valence-corrected chi connectivity index (χ0v) is 10.7. The van der Waals surface area contributed by atoms with Crippen LogP contribution in [0.1, 0.15) is 12.5 Å². The molecular formula is C12H19N3O2. The monoisotopic (exact) mass is 237 g/mol.